The number of hydrogen-bond donors (Lipinski definition) is 0. The minimum atomic E-state index is -0.379. The highest BCUT2D eigenvalue weighted by Crippen LogP contribution is 2.49. The molecule has 3 heterocycles. The monoisotopic (exact) mass is 512 g/mol. The van der Waals surface area contributed by atoms with Crippen LogP contribution in [-0.4, -0.2) is 53.1 Å². The Morgan fingerprint density at radius 2 is 1.97 bits per heavy atom. The Labute approximate surface area is 217 Å². The van der Waals surface area contributed by atoms with Crippen molar-refractivity contribution in [2.45, 2.75) is 51.0 Å². The lowest BCUT2D eigenvalue weighted by Crippen LogP contribution is -2.35. The number of hydrogen-bond acceptors (Lipinski definition) is 5. The van der Waals surface area contributed by atoms with E-state index in [4.69, 9.17) is 16.3 Å². The van der Waals surface area contributed by atoms with Crippen LogP contribution in [0, 0.1) is 23.6 Å². The van der Waals surface area contributed by atoms with Crippen LogP contribution in [0.25, 0.3) is 0 Å². The first-order valence-corrected chi connectivity index (χ1v) is 13.5. The van der Waals surface area contributed by atoms with Crippen LogP contribution in [0.1, 0.15) is 44.1 Å². The van der Waals surface area contributed by atoms with E-state index in [9.17, 15) is 9.18 Å². The van der Waals surface area contributed by atoms with Crippen molar-refractivity contribution in [2.24, 2.45) is 17.8 Å². The van der Waals surface area contributed by atoms with Crippen LogP contribution < -0.4 is 9.64 Å². The molecule has 0 unspecified atom stereocenters. The second-order valence-electron chi connectivity index (χ2n) is 10.3. The molecule has 3 atom stereocenters. The summed E-state index contributed by atoms with van der Waals surface area (Å²) in [4.78, 5) is 25.3. The fourth-order valence-electron chi connectivity index (χ4n) is 5.88. The summed E-state index contributed by atoms with van der Waals surface area (Å²) in [6.45, 7) is 7.07. The van der Waals surface area contributed by atoms with Crippen molar-refractivity contribution in [3.8, 4) is 5.75 Å². The molecule has 2 saturated heterocycles. The van der Waals surface area contributed by atoms with Gasteiger partial charge in [0.1, 0.15) is 11.6 Å². The smallest absolute Gasteiger partial charge is 0.227 e. The predicted octanol–water partition coefficient (Wildman–Crippen LogP) is 5.31. The molecule has 1 aromatic carbocycles. The molecule has 6 nitrogen and oxygen atoms in total. The first kappa shape index (κ1) is 25.0. The molecule has 0 radical (unpaired) electrons. The van der Waals surface area contributed by atoms with Crippen molar-refractivity contribution in [1.29, 1.82) is 0 Å². The SMILES string of the molecule is C=C[C@H]1CCCN1C(=O)Cc1ccc(OCC[C@@H]2C[C@@H]2C2CCN(c3ncc(Cl)cn3)CC2)cc1F. The molecule has 3 aliphatic rings. The van der Waals surface area contributed by atoms with Crippen LogP contribution in [0.5, 0.6) is 5.75 Å². The minimum Gasteiger partial charge on any atom is -0.493 e. The van der Waals surface area contributed by atoms with Gasteiger partial charge in [-0.05, 0) is 67.9 Å². The molecule has 36 heavy (non-hydrogen) atoms. The molecule has 0 N–H and O–H groups in total. The van der Waals surface area contributed by atoms with Gasteiger partial charge in [-0.15, -0.1) is 6.58 Å². The van der Waals surface area contributed by atoms with E-state index in [0.29, 0.717) is 28.9 Å². The quantitative estimate of drug-likeness (QED) is 0.426. The summed E-state index contributed by atoms with van der Waals surface area (Å²) in [6.07, 6.45) is 11.6. The van der Waals surface area contributed by atoms with Crippen LogP contribution >= 0.6 is 11.6 Å². The molecule has 3 fully saturated rings. The van der Waals surface area contributed by atoms with Crippen LogP contribution in [-0.2, 0) is 11.2 Å². The summed E-state index contributed by atoms with van der Waals surface area (Å²) in [5, 5.41) is 0.560. The van der Waals surface area contributed by atoms with Crippen LogP contribution in [0.4, 0.5) is 10.3 Å². The number of likely N-dealkylation sites (tertiary alicyclic amines) is 1. The molecule has 1 aromatic heterocycles. The van der Waals surface area contributed by atoms with Gasteiger partial charge in [0.05, 0.1) is 30.4 Å². The molecular formula is C28H34ClFN4O2. The summed E-state index contributed by atoms with van der Waals surface area (Å²) >= 11 is 5.90. The van der Waals surface area contributed by atoms with Crippen molar-refractivity contribution in [3.63, 3.8) is 0 Å². The second-order valence-corrected chi connectivity index (χ2v) is 10.7. The topological polar surface area (TPSA) is 58.6 Å². The van der Waals surface area contributed by atoms with Gasteiger partial charge in [0, 0.05) is 31.7 Å². The molecular weight excluding hydrogens is 479 g/mol. The van der Waals surface area contributed by atoms with Gasteiger partial charge in [0.15, 0.2) is 0 Å². The van der Waals surface area contributed by atoms with Crippen molar-refractivity contribution >= 4 is 23.5 Å². The fraction of sp³-hybridized carbons (Fsp3) is 0.536. The molecule has 1 saturated carbocycles. The van der Waals surface area contributed by atoms with Crippen molar-refractivity contribution < 1.29 is 13.9 Å². The zero-order chi connectivity index (χ0) is 25.1. The lowest BCUT2D eigenvalue weighted by Gasteiger charge is -2.32. The van der Waals surface area contributed by atoms with Crippen molar-refractivity contribution in [1.82, 2.24) is 14.9 Å². The average molecular weight is 513 g/mol. The standard InChI is InChI=1S/C28H34ClFN4O2/c1-2-23-4-3-10-34(23)27(35)15-21-5-6-24(16-26(21)30)36-13-9-20-14-25(20)19-7-11-33(12-8-19)28-31-17-22(29)18-32-28/h2,5-6,16-20,23,25H,1,3-4,7-15H2/t20-,23+,25-/m1/s1. The number of rotatable bonds is 9. The number of carbonyl (C=O) groups excluding carboxylic acids is 1. The van der Waals surface area contributed by atoms with Gasteiger partial charge in [-0.1, -0.05) is 23.7 Å². The third-order valence-electron chi connectivity index (χ3n) is 8.03. The third-order valence-corrected chi connectivity index (χ3v) is 8.22. The maximum absolute atomic E-state index is 14.7. The Bertz CT molecular complexity index is 1070. The third kappa shape index (κ3) is 5.83. The molecule has 1 aliphatic carbocycles. The predicted molar refractivity (Wildman–Crippen MR) is 139 cm³/mol. The molecule has 1 amide bonds. The molecule has 5 rings (SSSR count). The van der Waals surface area contributed by atoms with Crippen LogP contribution in [0.2, 0.25) is 5.02 Å². The molecule has 8 heteroatoms. The first-order valence-electron chi connectivity index (χ1n) is 13.1. The number of amides is 1. The molecule has 192 valence electrons. The van der Waals surface area contributed by atoms with E-state index in [1.165, 1.54) is 12.5 Å². The van der Waals surface area contributed by atoms with Gasteiger partial charge < -0.3 is 14.5 Å². The average Bonchev–Trinajstić information content (AvgIpc) is 3.49. The number of benzene rings is 1. The lowest BCUT2D eigenvalue weighted by molar-refractivity contribution is -0.130. The van der Waals surface area contributed by atoms with E-state index >= 15 is 0 Å². The molecule has 2 aromatic rings. The Kier molecular flexibility index (Phi) is 7.75. The summed E-state index contributed by atoms with van der Waals surface area (Å²) in [5.41, 5.74) is 0.416. The number of piperidine rings is 1. The van der Waals surface area contributed by atoms with E-state index in [1.54, 1.807) is 29.4 Å². The Balaban J connectivity index is 1.03. The number of aromatic nitrogens is 2. The Hall–Kier alpha value is -2.67. The zero-order valence-corrected chi connectivity index (χ0v) is 21.4. The van der Waals surface area contributed by atoms with Gasteiger partial charge in [-0.25, -0.2) is 14.4 Å². The minimum absolute atomic E-state index is 0.0451. The second kappa shape index (κ2) is 11.2. The maximum atomic E-state index is 14.7. The van der Waals surface area contributed by atoms with Crippen molar-refractivity contribution in [2.75, 3.05) is 31.1 Å². The van der Waals surface area contributed by atoms with E-state index in [-0.39, 0.29) is 24.2 Å². The summed E-state index contributed by atoms with van der Waals surface area (Å²) in [7, 11) is 0. The fourth-order valence-corrected chi connectivity index (χ4v) is 5.98. The van der Waals surface area contributed by atoms with Gasteiger partial charge in [-0.2, -0.15) is 0 Å². The van der Waals surface area contributed by atoms with Gasteiger partial charge in [0.2, 0.25) is 11.9 Å². The van der Waals surface area contributed by atoms with Gasteiger partial charge in [0.25, 0.3) is 0 Å². The van der Waals surface area contributed by atoms with E-state index < -0.39 is 0 Å². The largest absolute Gasteiger partial charge is 0.493 e. The zero-order valence-electron chi connectivity index (χ0n) is 20.6. The number of carbonyl (C=O) groups is 1. The van der Waals surface area contributed by atoms with Gasteiger partial charge in [-0.3, -0.25) is 4.79 Å². The van der Waals surface area contributed by atoms with Gasteiger partial charge >= 0.3 is 0 Å². The Morgan fingerprint density at radius 3 is 2.69 bits per heavy atom. The van der Waals surface area contributed by atoms with Crippen molar-refractivity contribution in [3.05, 3.63) is 59.7 Å². The summed E-state index contributed by atoms with van der Waals surface area (Å²) in [5.74, 6) is 3.06. The highest BCUT2D eigenvalue weighted by molar-refractivity contribution is 6.30. The van der Waals surface area contributed by atoms with E-state index in [0.717, 1.165) is 69.5 Å². The Morgan fingerprint density at radius 1 is 1.19 bits per heavy atom. The highest BCUT2D eigenvalue weighted by atomic mass is 35.5. The van der Waals surface area contributed by atoms with E-state index in [2.05, 4.69) is 21.4 Å². The number of anilines is 1. The summed E-state index contributed by atoms with van der Waals surface area (Å²) in [6, 6.07) is 4.94. The molecule has 0 spiro atoms. The number of nitrogens with zero attached hydrogens (tertiary/aromatic N) is 4. The van der Waals surface area contributed by atoms with Crippen LogP contribution in [0.3, 0.4) is 0 Å². The number of halogens is 2. The molecule has 2 aliphatic heterocycles. The first-order chi connectivity index (χ1) is 17.5. The highest BCUT2D eigenvalue weighted by Gasteiger charge is 2.43. The van der Waals surface area contributed by atoms with Crippen LogP contribution in [0.15, 0.2) is 43.2 Å². The normalized spacial score (nSPS) is 24.1. The molecule has 0 bridgehead atoms. The van der Waals surface area contributed by atoms with E-state index in [1.807, 2.05) is 6.08 Å². The number of ether oxygens (including phenoxy) is 1. The lowest BCUT2D eigenvalue weighted by atomic mass is 9.90. The summed E-state index contributed by atoms with van der Waals surface area (Å²) < 4.78 is 20.5. The maximum Gasteiger partial charge on any atom is 0.227 e.